The number of nitrogens with two attached hydrogens (primary N) is 2. The second-order valence-corrected chi connectivity index (χ2v) is 22.0. The van der Waals surface area contributed by atoms with Crippen molar-refractivity contribution in [3.05, 3.63) is 137 Å². The van der Waals surface area contributed by atoms with E-state index in [2.05, 4.69) is 31.9 Å². The molecule has 0 radical (unpaired) electrons. The molecule has 0 unspecified atom stereocenters. The van der Waals surface area contributed by atoms with Gasteiger partial charge in [-0.3, -0.25) is 38.5 Å². The smallest absolute Gasteiger partial charge is 0.323 e. The van der Waals surface area contributed by atoms with Gasteiger partial charge in [0.2, 0.25) is 29.5 Å². The number of carboxylic acid groups (broad SMARTS) is 1. The summed E-state index contributed by atoms with van der Waals surface area (Å²) >= 11 is 0. The number of unbranched alkanes of at least 4 members (excludes halogenated alkanes) is 8. The predicted molar refractivity (Wildman–Crippen MR) is 321 cm³/mol. The summed E-state index contributed by atoms with van der Waals surface area (Å²) in [4.78, 5) is 118. The molecule has 3 aromatic carbocycles. The fourth-order valence-electron chi connectivity index (χ4n) is 11.8. The van der Waals surface area contributed by atoms with E-state index in [1.807, 2.05) is 91.3 Å². The average Bonchev–Trinajstić information content (AvgIpc) is 4.06. The number of fused-ring (bicyclic) bond motifs is 2. The Kier molecular flexibility index (Phi) is 23.4. The Morgan fingerprint density at radius 2 is 1.40 bits per heavy atom. The molecule has 0 spiro atoms. The van der Waals surface area contributed by atoms with E-state index >= 15 is 0 Å². The lowest BCUT2D eigenvalue weighted by molar-refractivity contribution is -0.143. The molecule has 5 heterocycles. The van der Waals surface area contributed by atoms with Crippen LogP contribution in [0.5, 0.6) is 0 Å². The number of nitrogens with one attached hydrogen (secondary N) is 3. The van der Waals surface area contributed by atoms with E-state index < -0.39 is 65.9 Å². The van der Waals surface area contributed by atoms with Gasteiger partial charge in [0.05, 0.1) is 29.5 Å². The number of carboxylic acids is 1. The number of pyridine rings is 2. The highest BCUT2D eigenvalue weighted by Gasteiger charge is 2.45. The Balaban J connectivity index is 0.00000990. The SMILES string of the molecule is Cl.NC(=O)CC[C@H](NC(=O)[C@@H]1CC[C@@H]2CCN(C(=O)NCCCCCCCCCCCN(C(=O)[C@H]3CCCN(c4cncc5ccccc45)C3)c3ccc(=O)n(CC(=O)O)c3)C[C@H](N)C(=O)N21)C(=O)NC(c1ccccc1)c1ccccc1. The maximum absolute atomic E-state index is 14.5. The van der Waals surface area contributed by atoms with Crippen molar-refractivity contribution in [3.8, 4) is 0 Å². The van der Waals surface area contributed by atoms with E-state index in [4.69, 9.17) is 11.5 Å². The number of hydrogen-bond donors (Lipinski definition) is 6. The maximum atomic E-state index is 14.5. The Bertz CT molecular complexity index is 3010. The molecule has 21 heteroatoms. The Labute approximate surface area is 491 Å². The summed E-state index contributed by atoms with van der Waals surface area (Å²) in [7, 11) is 0. The molecule has 20 nitrogen and oxygen atoms in total. The second-order valence-electron chi connectivity index (χ2n) is 22.0. The number of piperidine rings is 1. The van der Waals surface area contributed by atoms with Crippen LogP contribution in [0.25, 0.3) is 10.8 Å². The maximum Gasteiger partial charge on any atom is 0.323 e. The minimum Gasteiger partial charge on any atom is -0.480 e. The molecule has 8 rings (SSSR count). The number of hydrogen-bond acceptors (Lipinski definition) is 11. The number of halogens is 1. The molecule has 5 atom stereocenters. The minimum atomic E-state index is -1.14. The van der Waals surface area contributed by atoms with Crippen molar-refractivity contribution >= 4 is 76.1 Å². The minimum absolute atomic E-state index is 0. The zero-order valence-corrected chi connectivity index (χ0v) is 48.0. The number of benzene rings is 3. The number of carbonyl (C=O) groups is 7. The largest absolute Gasteiger partial charge is 0.480 e. The second kappa shape index (κ2) is 31.0. The van der Waals surface area contributed by atoms with Crippen LogP contribution in [0.1, 0.15) is 120 Å². The van der Waals surface area contributed by atoms with Crippen molar-refractivity contribution in [1.29, 1.82) is 0 Å². The van der Waals surface area contributed by atoms with Gasteiger partial charge in [-0.15, -0.1) is 12.4 Å². The lowest BCUT2D eigenvalue weighted by Crippen LogP contribution is -2.61. The molecular formula is C62H80ClN11O9. The molecule has 83 heavy (non-hydrogen) atoms. The monoisotopic (exact) mass is 1160 g/mol. The fourth-order valence-corrected chi connectivity index (χ4v) is 11.8. The number of carbonyl (C=O) groups excluding carboxylic acids is 6. The first-order chi connectivity index (χ1) is 39.7. The molecule has 3 aliphatic heterocycles. The number of aliphatic carboxylic acids is 1. The van der Waals surface area contributed by atoms with Crippen molar-refractivity contribution in [2.45, 2.75) is 139 Å². The topological polar surface area (TPSA) is 276 Å². The van der Waals surface area contributed by atoms with Crippen LogP contribution in [0, 0.1) is 5.92 Å². The Hall–Kier alpha value is -7.84. The first-order valence-corrected chi connectivity index (χ1v) is 29.2. The first-order valence-electron chi connectivity index (χ1n) is 29.2. The van der Waals surface area contributed by atoms with E-state index in [0.29, 0.717) is 57.5 Å². The molecule has 3 saturated heterocycles. The van der Waals surface area contributed by atoms with Crippen LogP contribution < -0.4 is 42.8 Å². The Morgan fingerprint density at radius 1 is 0.735 bits per heavy atom. The standard InChI is InChI=1S/C62H79N11O9.ClH/c63-50-41-70(36-32-47-26-29-52(73(47)61(50)81)59(79)67-51(28-30-54(64)74)58(78)68-57(43-19-10-8-11-20-43)44-21-12-9-13-22-44)62(82)66-33-16-6-4-2-1-3-5-7-17-35-72(48-27-31-55(75)71(40-48)42-56(76)77)60(80)46-24-18-34-69(39-46)53-38-65-37-45-23-14-15-25-49(45)53;/h8-15,19-23,25,27,31,37-38,40,46-47,50-52,57H,1-7,16-18,24,26,28-30,32-36,39,41-42,63H2,(H2,64,74)(H,66,82)(H,67,79)(H,68,78)(H,76,77);1H/t46-,47+,50-,51-,52-;/m0./s1. The van der Waals surface area contributed by atoms with Crippen molar-refractivity contribution in [3.63, 3.8) is 0 Å². The lowest BCUT2D eigenvalue weighted by atomic mass is 9.95. The number of anilines is 2. The summed E-state index contributed by atoms with van der Waals surface area (Å²) in [5, 5.41) is 20.5. The van der Waals surface area contributed by atoms with Crippen molar-refractivity contribution in [2.24, 2.45) is 17.4 Å². The molecule has 5 aromatic rings. The van der Waals surface area contributed by atoms with Gasteiger partial charge in [0.25, 0.3) is 5.56 Å². The van der Waals surface area contributed by atoms with E-state index in [1.165, 1.54) is 17.2 Å². The van der Waals surface area contributed by atoms with Gasteiger partial charge in [0.15, 0.2) is 0 Å². The number of rotatable bonds is 26. The highest BCUT2D eigenvalue weighted by molar-refractivity contribution is 5.97. The van der Waals surface area contributed by atoms with E-state index in [0.717, 1.165) is 103 Å². The number of primary amides is 1. The van der Waals surface area contributed by atoms with Crippen molar-refractivity contribution < 1.29 is 38.7 Å². The van der Waals surface area contributed by atoms with E-state index in [1.54, 1.807) is 15.9 Å². The molecule has 0 saturated carbocycles. The summed E-state index contributed by atoms with van der Waals surface area (Å²) in [6.45, 7) is 2.06. The van der Waals surface area contributed by atoms with Gasteiger partial charge in [0, 0.05) is 81.0 Å². The normalized spacial score (nSPS) is 18.3. The zero-order valence-electron chi connectivity index (χ0n) is 47.2. The molecule has 444 valence electrons. The third kappa shape index (κ3) is 17.1. The van der Waals surface area contributed by atoms with E-state index in [9.17, 15) is 43.5 Å². The van der Waals surface area contributed by atoms with Crippen LogP contribution in [0.4, 0.5) is 16.2 Å². The quantitative estimate of drug-likeness (QED) is 0.0327. The van der Waals surface area contributed by atoms with Gasteiger partial charge >= 0.3 is 12.0 Å². The summed E-state index contributed by atoms with van der Waals surface area (Å²) in [5.41, 5.74) is 14.7. The molecule has 3 aliphatic rings. The third-order valence-corrected chi connectivity index (χ3v) is 16.1. The van der Waals surface area contributed by atoms with Crippen molar-refractivity contribution in [2.75, 3.05) is 49.1 Å². The Morgan fingerprint density at radius 3 is 2.08 bits per heavy atom. The number of amides is 7. The van der Waals surface area contributed by atoms with Crippen LogP contribution >= 0.6 is 12.4 Å². The summed E-state index contributed by atoms with van der Waals surface area (Å²) in [6.07, 6.45) is 16.3. The summed E-state index contributed by atoms with van der Waals surface area (Å²) < 4.78 is 1.13. The van der Waals surface area contributed by atoms with E-state index in [-0.39, 0.29) is 55.7 Å². The molecule has 3 fully saturated rings. The number of nitrogens with zero attached hydrogens (tertiary/aromatic N) is 6. The van der Waals surface area contributed by atoms with Gasteiger partial charge in [0.1, 0.15) is 24.7 Å². The molecule has 0 bridgehead atoms. The van der Waals surface area contributed by atoms with Gasteiger partial charge in [-0.25, -0.2) is 4.79 Å². The van der Waals surface area contributed by atoms with Crippen molar-refractivity contribution in [1.82, 2.24) is 35.3 Å². The van der Waals surface area contributed by atoms with Crippen LogP contribution in [0.2, 0.25) is 0 Å². The highest BCUT2D eigenvalue weighted by Crippen LogP contribution is 2.33. The fraction of sp³-hybridized carbons (Fsp3) is 0.468. The lowest BCUT2D eigenvalue weighted by Gasteiger charge is -2.37. The van der Waals surface area contributed by atoms with Crippen LogP contribution in [0.3, 0.4) is 0 Å². The highest BCUT2D eigenvalue weighted by atomic mass is 35.5. The van der Waals surface area contributed by atoms with Gasteiger partial charge in [-0.05, 0) is 68.6 Å². The summed E-state index contributed by atoms with van der Waals surface area (Å²) in [6, 6.07) is 25.6. The molecule has 7 amide bonds. The van der Waals surface area contributed by atoms with Gasteiger partial charge in [-0.2, -0.15) is 0 Å². The molecule has 2 aromatic heterocycles. The van der Waals surface area contributed by atoms with Crippen LogP contribution in [-0.4, -0.2) is 129 Å². The van der Waals surface area contributed by atoms with Gasteiger partial charge in [-0.1, -0.05) is 130 Å². The molecule has 8 N–H and O–H groups in total. The first kappa shape index (κ1) is 62.8. The molecule has 0 aliphatic carbocycles. The number of urea groups is 1. The summed E-state index contributed by atoms with van der Waals surface area (Å²) in [5.74, 6) is -3.57. The third-order valence-electron chi connectivity index (χ3n) is 16.1. The van der Waals surface area contributed by atoms with Gasteiger partial charge < -0.3 is 56.7 Å². The average molecular weight is 1160 g/mol. The van der Waals surface area contributed by atoms with Crippen LogP contribution in [0.15, 0.2) is 120 Å². The predicted octanol–water partition coefficient (Wildman–Crippen LogP) is 6.42. The van der Waals surface area contributed by atoms with Crippen LogP contribution in [-0.2, 0) is 35.3 Å². The number of aromatic nitrogens is 2. The zero-order chi connectivity index (χ0) is 58.0. The molecular weight excluding hydrogens is 1080 g/mol.